The van der Waals surface area contributed by atoms with E-state index in [1.807, 2.05) is 50.2 Å². The van der Waals surface area contributed by atoms with E-state index >= 15 is 0 Å². The van der Waals surface area contributed by atoms with Crippen molar-refractivity contribution in [3.05, 3.63) is 102 Å². The molecule has 226 valence electrons. The summed E-state index contributed by atoms with van der Waals surface area (Å²) in [4.78, 5) is 4.57. The molecule has 1 aliphatic heterocycles. The lowest BCUT2D eigenvalue weighted by Gasteiger charge is -2.30. The fraction of sp³-hybridized carbons (Fsp3) is 0.375. The van der Waals surface area contributed by atoms with Crippen LogP contribution in [0.4, 0.5) is 5.69 Å². The number of rotatable bonds is 7. The van der Waals surface area contributed by atoms with Crippen LogP contribution >= 0.6 is 0 Å². The first-order valence-corrected chi connectivity index (χ1v) is 17.1. The van der Waals surface area contributed by atoms with E-state index in [1.54, 1.807) is 42.5 Å². The Kier molecular flexibility index (Phi) is 10.6. The number of anilines is 1. The molecule has 0 spiro atoms. The van der Waals surface area contributed by atoms with E-state index in [9.17, 15) is 16.8 Å². The van der Waals surface area contributed by atoms with Gasteiger partial charge in [0.2, 0.25) is 20.0 Å². The third-order valence-electron chi connectivity index (χ3n) is 7.44. The molecule has 0 N–H and O–H groups in total. The summed E-state index contributed by atoms with van der Waals surface area (Å²) in [5.41, 5.74) is 3.45. The standard InChI is InChI=1S/C32H42N4O4S2/c1-27-15-17-31(18-16-27)41(37,38)35-21-9-19-34(26-29-11-6-5-7-12-29)20-10-22-36(25-28(2)24-35)42(39,40)32-14-8-13-30(23-32)33(3)4/h5-8,11-18,23H,2,9-10,19-22,24-26H2,1,3-4H3. The molecule has 1 saturated heterocycles. The lowest BCUT2D eigenvalue weighted by molar-refractivity contribution is 0.238. The molecule has 0 amide bonds. The van der Waals surface area contributed by atoms with E-state index in [0.29, 0.717) is 51.1 Å². The quantitative estimate of drug-likeness (QED) is 0.364. The smallest absolute Gasteiger partial charge is 0.243 e. The second kappa shape index (κ2) is 14.0. The van der Waals surface area contributed by atoms with Gasteiger partial charge in [-0.05, 0) is 74.3 Å². The van der Waals surface area contributed by atoms with Gasteiger partial charge in [0.15, 0.2) is 0 Å². The van der Waals surface area contributed by atoms with Gasteiger partial charge in [0.25, 0.3) is 0 Å². The van der Waals surface area contributed by atoms with Crippen molar-refractivity contribution in [2.24, 2.45) is 0 Å². The van der Waals surface area contributed by atoms with Crippen molar-refractivity contribution >= 4 is 25.7 Å². The van der Waals surface area contributed by atoms with Crippen molar-refractivity contribution < 1.29 is 16.8 Å². The van der Waals surface area contributed by atoms with E-state index < -0.39 is 20.0 Å². The van der Waals surface area contributed by atoms with Crippen LogP contribution in [0.15, 0.2) is 101 Å². The molecule has 3 aromatic carbocycles. The van der Waals surface area contributed by atoms with Crippen LogP contribution in [0.1, 0.15) is 24.0 Å². The van der Waals surface area contributed by atoms with Crippen LogP contribution in [0.25, 0.3) is 0 Å². The minimum absolute atomic E-state index is 0.0348. The Balaban J connectivity index is 1.65. The molecular weight excluding hydrogens is 569 g/mol. The predicted molar refractivity (Wildman–Crippen MR) is 170 cm³/mol. The second-order valence-electron chi connectivity index (χ2n) is 11.1. The molecule has 0 aromatic heterocycles. The highest BCUT2D eigenvalue weighted by Crippen LogP contribution is 2.24. The lowest BCUT2D eigenvalue weighted by Crippen LogP contribution is -2.41. The van der Waals surface area contributed by atoms with Crippen LogP contribution in [-0.4, -0.2) is 83.7 Å². The van der Waals surface area contributed by atoms with Gasteiger partial charge in [-0.3, -0.25) is 4.90 Å². The Hall–Kier alpha value is -3.02. The van der Waals surface area contributed by atoms with Crippen LogP contribution in [-0.2, 0) is 26.6 Å². The number of hydrogen-bond acceptors (Lipinski definition) is 6. The molecule has 0 unspecified atom stereocenters. The summed E-state index contributed by atoms with van der Waals surface area (Å²) in [6.45, 7) is 8.81. The summed E-state index contributed by atoms with van der Waals surface area (Å²) in [6, 6.07) is 23.8. The first-order valence-electron chi connectivity index (χ1n) is 14.2. The van der Waals surface area contributed by atoms with Gasteiger partial charge in [-0.15, -0.1) is 0 Å². The van der Waals surface area contributed by atoms with E-state index in [1.165, 1.54) is 8.61 Å². The molecule has 0 bridgehead atoms. The number of sulfonamides is 2. The summed E-state index contributed by atoms with van der Waals surface area (Å²) < 4.78 is 58.3. The molecule has 8 nitrogen and oxygen atoms in total. The van der Waals surface area contributed by atoms with Crippen molar-refractivity contribution in [1.82, 2.24) is 13.5 Å². The van der Waals surface area contributed by atoms with Crippen molar-refractivity contribution in [2.75, 3.05) is 58.3 Å². The largest absolute Gasteiger partial charge is 0.378 e. The third kappa shape index (κ3) is 8.08. The van der Waals surface area contributed by atoms with Gasteiger partial charge in [-0.2, -0.15) is 8.61 Å². The first kappa shape index (κ1) is 31.9. The molecule has 10 heteroatoms. The van der Waals surface area contributed by atoms with Gasteiger partial charge < -0.3 is 4.90 Å². The maximum Gasteiger partial charge on any atom is 0.243 e. The van der Waals surface area contributed by atoms with Gasteiger partial charge in [0.05, 0.1) is 9.79 Å². The van der Waals surface area contributed by atoms with Crippen LogP contribution in [0.5, 0.6) is 0 Å². The molecule has 0 saturated carbocycles. The number of aryl methyl sites for hydroxylation is 1. The maximum atomic E-state index is 13.9. The minimum atomic E-state index is -3.87. The first-order chi connectivity index (χ1) is 20.0. The van der Waals surface area contributed by atoms with E-state index in [-0.39, 0.29) is 22.9 Å². The SMILES string of the molecule is C=C1CN(S(=O)(=O)c2ccc(C)cc2)CCCN(Cc2ccccc2)CCCN(S(=O)(=O)c2cccc(N(C)C)c2)C1. The topological polar surface area (TPSA) is 81.2 Å². The molecule has 42 heavy (non-hydrogen) atoms. The molecule has 3 aromatic rings. The van der Waals surface area contributed by atoms with Crippen LogP contribution < -0.4 is 4.90 Å². The van der Waals surface area contributed by atoms with Crippen LogP contribution in [0.3, 0.4) is 0 Å². The molecule has 0 radical (unpaired) electrons. The van der Waals surface area contributed by atoms with Gasteiger partial charge >= 0.3 is 0 Å². The number of nitrogens with zero attached hydrogens (tertiary/aromatic N) is 4. The Bertz CT molecular complexity index is 1560. The third-order valence-corrected chi connectivity index (χ3v) is 11.1. The zero-order valence-electron chi connectivity index (χ0n) is 24.8. The van der Waals surface area contributed by atoms with Crippen molar-refractivity contribution in [2.45, 2.75) is 36.1 Å². The van der Waals surface area contributed by atoms with Crippen molar-refractivity contribution in [3.63, 3.8) is 0 Å². The summed E-state index contributed by atoms with van der Waals surface area (Å²) in [6.07, 6.45) is 1.28. The Labute approximate surface area is 252 Å². The van der Waals surface area contributed by atoms with Gasteiger partial charge in [0, 0.05) is 52.5 Å². The molecular formula is C32H42N4O4S2. The highest BCUT2D eigenvalue weighted by molar-refractivity contribution is 7.89. The summed E-state index contributed by atoms with van der Waals surface area (Å²) in [7, 11) is -3.94. The molecule has 0 aliphatic carbocycles. The fourth-order valence-electron chi connectivity index (χ4n) is 5.10. The van der Waals surface area contributed by atoms with Gasteiger partial charge in [0.1, 0.15) is 0 Å². The molecule has 1 fully saturated rings. The minimum Gasteiger partial charge on any atom is -0.378 e. The van der Waals surface area contributed by atoms with E-state index in [0.717, 1.165) is 16.8 Å². The predicted octanol–water partition coefficient (Wildman–Crippen LogP) is 4.59. The second-order valence-corrected chi connectivity index (χ2v) is 15.0. The summed E-state index contributed by atoms with van der Waals surface area (Å²) in [5, 5.41) is 0. The average molecular weight is 611 g/mol. The van der Waals surface area contributed by atoms with Gasteiger partial charge in [-0.25, -0.2) is 16.8 Å². The highest BCUT2D eigenvalue weighted by Gasteiger charge is 2.29. The number of benzene rings is 3. The van der Waals surface area contributed by atoms with E-state index in [4.69, 9.17) is 0 Å². The molecule has 1 aliphatic rings. The fourth-order valence-corrected chi connectivity index (χ4v) is 8.14. The Morgan fingerprint density at radius 2 is 1.29 bits per heavy atom. The summed E-state index contributed by atoms with van der Waals surface area (Å²) >= 11 is 0. The van der Waals surface area contributed by atoms with Crippen molar-refractivity contribution in [3.8, 4) is 0 Å². The monoisotopic (exact) mass is 610 g/mol. The zero-order chi connectivity index (χ0) is 30.3. The zero-order valence-corrected chi connectivity index (χ0v) is 26.4. The average Bonchev–Trinajstić information content (AvgIpc) is 2.96. The Morgan fingerprint density at radius 3 is 1.86 bits per heavy atom. The highest BCUT2D eigenvalue weighted by atomic mass is 32.2. The van der Waals surface area contributed by atoms with Crippen molar-refractivity contribution in [1.29, 1.82) is 0 Å². The molecule has 4 rings (SSSR count). The normalized spacial score (nSPS) is 17.4. The summed E-state index contributed by atoms with van der Waals surface area (Å²) in [5.74, 6) is 0. The lowest BCUT2D eigenvalue weighted by atomic mass is 10.2. The number of hydrogen-bond donors (Lipinski definition) is 0. The van der Waals surface area contributed by atoms with E-state index in [2.05, 4.69) is 23.6 Å². The Morgan fingerprint density at radius 1 is 0.714 bits per heavy atom. The molecule has 1 heterocycles. The van der Waals surface area contributed by atoms with Gasteiger partial charge in [-0.1, -0.05) is 60.7 Å². The molecule has 0 atom stereocenters. The maximum absolute atomic E-state index is 13.9. The van der Waals surface area contributed by atoms with Crippen LogP contribution in [0, 0.1) is 6.92 Å². The van der Waals surface area contributed by atoms with Crippen LogP contribution in [0.2, 0.25) is 0 Å².